The first kappa shape index (κ1) is 22.9. The monoisotopic (exact) mass is 465 g/mol. The smallest absolute Gasteiger partial charge is 0.312 e. The Kier molecular flexibility index (Phi) is 7.04. The molecule has 0 bridgehead atoms. The molecule has 0 unspecified atom stereocenters. The summed E-state index contributed by atoms with van der Waals surface area (Å²) in [7, 11) is 0. The van der Waals surface area contributed by atoms with Crippen LogP contribution in [0.25, 0.3) is 11.3 Å². The molecule has 33 heavy (non-hydrogen) atoms. The molecule has 0 aliphatic carbocycles. The number of nitrogens with one attached hydrogen (secondary N) is 1. The number of hydrogen-bond donors (Lipinski definition) is 1. The Balaban J connectivity index is 1.34. The predicted molar refractivity (Wildman–Crippen MR) is 124 cm³/mol. The van der Waals surface area contributed by atoms with E-state index < -0.39 is 11.8 Å². The fourth-order valence-corrected chi connectivity index (χ4v) is 5.24. The van der Waals surface area contributed by atoms with Gasteiger partial charge in [-0.2, -0.15) is 5.26 Å². The van der Waals surface area contributed by atoms with Crippen molar-refractivity contribution in [3.63, 3.8) is 0 Å². The third-order valence-electron chi connectivity index (χ3n) is 6.44. The lowest BCUT2D eigenvalue weighted by Gasteiger charge is -2.38. The summed E-state index contributed by atoms with van der Waals surface area (Å²) in [6, 6.07) is 8.98. The number of hydrogen-bond acceptors (Lipinski definition) is 6. The van der Waals surface area contributed by atoms with Crippen molar-refractivity contribution in [2.45, 2.75) is 45.2 Å². The van der Waals surface area contributed by atoms with Crippen LogP contribution >= 0.6 is 11.3 Å². The van der Waals surface area contributed by atoms with Crippen molar-refractivity contribution in [3.8, 4) is 17.3 Å². The molecule has 1 N–H and O–H groups in total. The van der Waals surface area contributed by atoms with Gasteiger partial charge >= 0.3 is 11.8 Å². The van der Waals surface area contributed by atoms with Crippen LogP contribution in [0.4, 0.5) is 0 Å². The van der Waals surface area contributed by atoms with Gasteiger partial charge in [0.1, 0.15) is 5.01 Å². The average Bonchev–Trinajstić information content (AvgIpc) is 3.54. The molecule has 9 heteroatoms. The summed E-state index contributed by atoms with van der Waals surface area (Å²) >= 11 is 1.46. The van der Waals surface area contributed by atoms with E-state index in [1.54, 1.807) is 21.9 Å². The maximum absolute atomic E-state index is 12.9. The van der Waals surface area contributed by atoms with Crippen LogP contribution in [0.2, 0.25) is 0 Å². The fourth-order valence-electron chi connectivity index (χ4n) is 4.49. The van der Waals surface area contributed by atoms with Gasteiger partial charge in [0.2, 0.25) is 5.91 Å². The van der Waals surface area contributed by atoms with Crippen molar-refractivity contribution in [1.29, 1.82) is 5.26 Å². The van der Waals surface area contributed by atoms with E-state index >= 15 is 0 Å². The maximum atomic E-state index is 12.9. The molecule has 2 saturated heterocycles. The molecule has 2 aromatic rings. The van der Waals surface area contributed by atoms with Crippen LogP contribution in [0.1, 0.15) is 43.2 Å². The minimum atomic E-state index is -0.492. The van der Waals surface area contributed by atoms with E-state index in [2.05, 4.69) is 16.4 Å². The molecule has 1 aromatic heterocycles. The lowest BCUT2D eigenvalue weighted by molar-refractivity contribution is -0.155. The van der Waals surface area contributed by atoms with Gasteiger partial charge in [-0.05, 0) is 44.7 Å². The highest BCUT2D eigenvalue weighted by atomic mass is 32.1. The van der Waals surface area contributed by atoms with Gasteiger partial charge in [-0.15, -0.1) is 11.3 Å². The minimum Gasteiger partial charge on any atom is -0.349 e. The molecule has 0 radical (unpaired) electrons. The van der Waals surface area contributed by atoms with Crippen LogP contribution in [-0.4, -0.2) is 58.2 Å². The number of carbonyl (C=O) groups is 3. The van der Waals surface area contributed by atoms with Crippen molar-refractivity contribution in [2.75, 3.05) is 19.6 Å². The number of piperidine rings is 1. The molecule has 3 heterocycles. The highest BCUT2D eigenvalue weighted by Gasteiger charge is 2.39. The van der Waals surface area contributed by atoms with E-state index in [4.69, 9.17) is 5.26 Å². The molecule has 1 aromatic carbocycles. The van der Waals surface area contributed by atoms with Gasteiger partial charge in [0.25, 0.3) is 0 Å². The quantitative estimate of drug-likeness (QED) is 0.699. The number of aromatic nitrogens is 1. The first-order valence-electron chi connectivity index (χ1n) is 11.3. The lowest BCUT2D eigenvalue weighted by Crippen LogP contribution is -2.55. The van der Waals surface area contributed by atoms with Crippen molar-refractivity contribution < 1.29 is 14.4 Å². The summed E-state index contributed by atoms with van der Waals surface area (Å²) in [5, 5.41) is 14.6. The number of amides is 3. The zero-order valence-corrected chi connectivity index (χ0v) is 19.4. The largest absolute Gasteiger partial charge is 0.349 e. The molecule has 0 spiro atoms. The van der Waals surface area contributed by atoms with Crippen molar-refractivity contribution in [3.05, 3.63) is 40.2 Å². The second-order valence-corrected chi connectivity index (χ2v) is 9.46. The van der Waals surface area contributed by atoms with E-state index in [1.165, 1.54) is 11.3 Å². The van der Waals surface area contributed by atoms with E-state index in [0.717, 1.165) is 29.1 Å². The van der Waals surface area contributed by atoms with Crippen molar-refractivity contribution >= 4 is 29.1 Å². The van der Waals surface area contributed by atoms with Gasteiger partial charge < -0.3 is 15.1 Å². The summed E-state index contributed by atoms with van der Waals surface area (Å²) in [6.07, 6.45) is 3.25. The number of likely N-dealkylation sites (tertiary alicyclic amines) is 2. The topological polar surface area (TPSA) is 106 Å². The maximum Gasteiger partial charge on any atom is 0.312 e. The molecule has 0 saturated carbocycles. The Bertz CT molecular complexity index is 1070. The van der Waals surface area contributed by atoms with Crippen molar-refractivity contribution in [2.24, 2.45) is 5.92 Å². The van der Waals surface area contributed by atoms with Gasteiger partial charge in [-0.1, -0.05) is 12.1 Å². The summed E-state index contributed by atoms with van der Waals surface area (Å²) in [4.78, 5) is 46.0. The van der Waals surface area contributed by atoms with Crippen LogP contribution in [0.3, 0.4) is 0 Å². The molecule has 8 nitrogen and oxygen atoms in total. The Hall–Kier alpha value is -3.25. The second-order valence-electron chi connectivity index (χ2n) is 8.52. The average molecular weight is 466 g/mol. The van der Waals surface area contributed by atoms with E-state index in [9.17, 15) is 14.4 Å². The molecular formula is C24H27N5O3S. The fraction of sp³-hybridized carbons (Fsp3) is 0.458. The van der Waals surface area contributed by atoms with E-state index in [-0.39, 0.29) is 17.9 Å². The number of thiazole rings is 1. The first-order valence-corrected chi connectivity index (χ1v) is 12.2. The molecule has 2 atom stereocenters. The number of nitriles is 1. The van der Waals surface area contributed by atoms with Gasteiger partial charge in [0, 0.05) is 36.6 Å². The van der Waals surface area contributed by atoms with Crippen LogP contribution in [0.5, 0.6) is 0 Å². The summed E-state index contributed by atoms with van der Waals surface area (Å²) in [5.74, 6) is -1.41. The summed E-state index contributed by atoms with van der Waals surface area (Å²) in [5.41, 5.74) is 2.32. The SMILES string of the molecule is C[C@H]1[C@@H](C(=O)NCc2nc(-c3ccc(C#N)cc3)cs2)CCCN1C(=O)C(=O)N1CCCC1. The zero-order chi connectivity index (χ0) is 23.4. The van der Waals surface area contributed by atoms with Gasteiger partial charge in [-0.25, -0.2) is 4.98 Å². The second kappa shape index (κ2) is 10.1. The molecule has 4 rings (SSSR count). The highest BCUT2D eigenvalue weighted by molar-refractivity contribution is 7.09. The molecule has 2 fully saturated rings. The summed E-state index contributed by atoms with van der Waals surface area (Å²) < 4.78 is 0. The molecule has 2 aliphatic rings. The number of benzene rings is 1. The van der Waals surface area contributed by atoms with Gasteiger partial charge in [0.05, 0.1) is 29.8 Å². The molecule has 2 aliphatic heterocycles. The number of nitrogens with zero attached hydrogens (tertiary/aromatic N) is 4. The normalized spacial score (nSPS) is 20.4. The molecule has 172 valence electrons. The molecule has 3 amide bonds. The Morgan fingerprint density at radius 1 is 1.12 bits per heavy atom. The van der Waals surface area contributed by atoms with Crippen molar-refractivity contribution in [1.82, 2.24) is 20.1 Å². The van der Waals surface area contributed by atoms with Crippen LogP contribution in [0.15, 0.2) is 29.6 Å². The Morgan fingerprint density at radius 2 is 1.85 bits per heavy atom. The highest BCUT2D eigenvalue weighted by Crippen LogP contribution is 2.26. The lowest BCUT2D eigenvalue weighted by atomic mass is 9.89. The third-order valence-corrected chi connectivity index (χ3v) is 7.29. The summed E-state index contributed by atoms with van der Waals surface area (Å²) in [6.45, 7) is 3.93. The van der Waals surface area contributed by atoms with E-state index in [0.29, 0.717) is 44.6 Å². The van der Waals surface area contributed by atoms with Crippen LogP contribution in [-0.2, 0) is 20.9 Å². The van der Waals surface area contributed by atoms with E-state index in [1.807, 2.05) is 24.4 Å². The number of rotatable bonds is 4. The first-order chi connectivity index (χ1) is 16.0. The predicted octanol–water partition coefficient (Wildman–Crippen LogP) is 2.55. The number of carbonyl (C=O) groups excluding carboxylic acids is 3. The standard InChI is InChI=1S/C24H27N5O3S/c1-16-19(5-4-12-29(16)24(32)23(31)28-10-2-3-11-28)22(30)26-14-21-27-20(15-33-21)18-8-6-17(13-25)7-9-18/h6-9,15-16,19H,2-5,10-12,14H2,1H3,(H,26,30)/t16-,19-/m0/s1. The van der Waals surface area contributed by atoms with Gasteiger partial charge in [-0.3, -0.25) is 14.4 Å². The third kappa shape index (κ3) is 5.06. The zero-order valence-electron chi connectivity index (χ0n) is 18.6. The minimum absolute atomic E-state index is 0.122. The molecular weight excluding hydrogens is 438 g/mol. The van der Waals surface area contributed by atoms with Crippen LogP contribution < -0.4 is 5.32 Å². The Labute approximate surface area is 197 Å². The Morgan fingerprint density at radius 3 is 2.55 bits per heavy atom. The van der Waals surface area contributed by atoms with Crippen LogP contribution in [0, 0.1) is 17.2 Å². The van der Waals surface area contributed by atoms with Gasteiger partial charge in [0.15, 0.2) is 0 Å².